The molecule has 6 unspecified atom stereocenters. The molecule has 6 heteroatoms. The summed E-state index contributed by atoms with van der Waals surface area (Å²) in [5, 5.41) is 0. The van der Waals surface area contributed by atoms with Crippen molar-refractivity contribution >= 4 is 0 Å². The Morgan fingerprint density at radius 1 is 0.593 bits per heavy atom. The van der Waals surface area contributed by atoms with Gasteiger partial charge in [0.2, 0.25) is 0 Å². The maximum atomic E-state index is 6.15. The Labute approximate surface area is 167 Å². The molecule has 27 heavy (non-hydrogen) atoms. The molecule has 0 aromatic rings. The van der Waals surface area contributed by atoms with E-state index in [1.807, 2.05) is 20.8 Å². The lowest BCUT2D eigenvalue weighted by Crippen LogP contribution is -2.41. The highest BCUT2D eigenvalue weighted by molar-refractivity contribution is 4.80. The van der Waals surface area contributed by atoms with Gasteiger partial charge in [-0.1, -0.05) is 6.92 Å². The van der Waals surface area contributed by atoms with Crippen LogP contribution in [0.25, 0.3) is 0 Å². The lowest BCUT2D eigenvalue weighted by Gasteiger charge is -2.35. The van der Waals surface area contributed by atoms with Gasteiger partial charge in [0, 0.05) is 23.5 Å². The third-order valence-corrected chi connectivity index (χ3v) is 4.88. The quantitative estimate of drug-likeness (QED) is 0.375. The Bertz CT molecular complexity index is 314. The van der Waals surface area contributed by atoms with E-state index in [1.54, 1.807) is 0 Å². The van der Waals surface area contributed by atoms with Gasteiger partial charge in [0.25, 0.3) is 0 Å². The molecule has 0 saturated heterocycles. The van der Waals surface area contributed by atoms with Crippen LogP contribution in [0.3, 0.4) is 0 Å². The first-order valence-electron chi connectivity index (χ1n) is 10.6. The molecule has 0 aliphatic carbocycles. The van der Waals surface area contributed by atoms with Gasteiger partial charge in [-0.15, -0.1) is 0 Å². The Morgan fingerprint density at radius 3 is 1.04 bits per heavy atom. The van der Waals surface area contributed by atoms with Gasteiger partial charge in [-0.25, -0.2) is 0 Å². The summed E-state index contributed by atoms with van der Waals surface area (Å²) in [6.07, 6.45) is 3.75. The number of rotatable bonds is 16. The van der Waals surface area contributed by atoms with Crippen molar-refractivity contribution in [3.8, 4) is 0 Å². The van der Waals surface area contributed by atoms with Crippen LogP contribution < -0.4 is 17.2 Å². The van der Waals surface area contributed by atoms with E-state index in [4.69, 9.17) is 31.4 Å². The van der Waals surface area contributed by atoms with Gasteiger partial charge in [0.1, 0.15) is 0 Å². The molecule has 0 bridgehead atoms. The molecule has 0 aliphatic heterocycles. The highest BCUT2D eigenvalue weighted by Gasteiger charge is 2.32. The number of hydrogen-bond acceptors (Lipinski definition) is 6. The van der Waals surface area contributed by atoms with E-state index in [0.29, 0.717) is 19.8 Å². The van der Waals surface area contributed by atoms with Gasteiger partial charge in [-0.3, -0.25) is 0 Å². The van der Waals surface area contributed by atoms with Gasteiger partial charge >= 0.3 is 0 Å². The molecule has 0 saturated carbocycles. The molecular weight excluding hydrogens is 342 g/mol. The van der Waals surface area contributed by atoms with Crippen LogP contribution in [0.5, 0.6) is 0 Å². The molecule has 0 aliphatic rings. The van der Waals surface area contributed by atoms with Crippen molar-refractivity contribution in [3.05, 3.63) is 0 Å². The van der Waals surface area contributed by atoms with Crippen molar-refractivity contribution in [1.29, 1.82) is 0 Å². The number of hydrogen-bond donors (Lipinski definition) is 3. The van der Waals surface area contributed by atoms with Crippen LogP contribution in [0, 0.1) is 5.41 Å². The van der Waals surface area contributed by atoms with E-state index in [-0.39, 0.29) is 41.9 Å². The summed E-state index contributed by atoms with van der Waals surface area (Å²) in [5.41, 5.74) is 17.5. The van der Waals surface area contributed by atoms with Crippen LogP contribution in [-0.2, 0) is 14.2 Å². The highest BCUT2D eigenvalue weighted by Crippen LogP contribution is 2.27. The van der Waals surface area contributed by atoms with E-state index >= 15 is 0 Å². The minimum Gasteiger partial charge on any atom is -0.378 e. The molecular formula is C21H47N3O3. The Balaban J connectivity index is 4.89. The van der Waals surface area contributed by atoms with Crippen molar-refractivity contribution < 1.29 is 14.2 Å². The fourth-order valence-corrected chi connectivity index (χ4v) is 3.16. The molecule has 6 N–H and O–H groups in total. The Morgan fingerprint density at radius 2 is 0.852 bits per heavy atom. The second-order valence-corrected chi connectivity index (χ2v) is 8.86. The summed E-state index contributed by atoms with van der Waals surface area (Å²) >= 11 is 0. The summed E-state index contributed by atoms with van der Waals surface area (Å²) in [7, 11) is 0. The monoisotopic (exact) mass is 389 g/mol. The fourth-order valence-electron chi connectivity index (χ4n) is 3.16. The zero-order chi connectivity index (χ0) is 21.0. The van der Waals surface area contributed by atoms with Crippen LogP contribution in [0.4, 0.5) is 0 Å². The van der Waals surface area contributed by atoms with Gasteiger partial charge in [0.05, 0.1) is 38.1 Å². The van der Waals surface area contributed by atoms with Crippen LogP contribution in [0.1, 0.15) is 74.1 Å². The zero-order valence-electron chi connectivity index (χ0n) is 18.9. The zero-order valence-corrected chi connectivity index (χ0v) is 18.9. The lowest BCUT2D eigenvalue weighted by atomic mass is 9.87. The summed E-state index contributed by atoms with van der Waals surface area (Å²) in [4.78, 5) is 0. The third kappa shape index (κ3) is 13.6. The summed E-state index contributed by atoms with van der Waals surface area (Å²) < 4.78 is 18.4. The maximum Gasteiger partial charge on any atom is 0.0570 e. The summed E-state index contributed by atoms with van der Waals surface area (Å²) in [6.45, 7) is 16.2. The van der Waals surface area contributed by atoms with Crippen molar-refractivity contribution in [2.45, 2.75) is 111 Å². The van der Waals surface area contributed by atoms with E-state index in [9.17, 15) is 0 Å². The predicted molar refractivity (Wildman–Crippen MR) is 114 cm³/mol. The van der Waals surface area contributed by atoms with Gasteiger partial charge in [0.15, 0.2) is 0 Å². The smallest absolute Gasteiger partial charge is 0.0570 e. The lowest BCUT2D eigenvalue weighted by molar-refractivity contribution is -0.112. The molecule has 0 heterocycles. The van der Waals surface area contributed by atoms with Crippen molar-refractivity contribution in [2.24, 2.45) is 22.6 Å². The van der Waals surface area contributed by atoms with Gasteiger partial charge in [-0.05, 0) is 67.2 Å². The first-order chi connectivity index (χ1) is 12.5. The topological polar surface area (TPSA) is 106 Å². The molecule has 0 aromatic heterocycles. The molecule has 0 rings (SSSR count). The first-order valence-corrected chi connectivity index (χ1v) is 10.6. The molecule has 0 radical (unpaired) electrons. The van der Waals surface area contributed by atoms with E-state index in [2.05, 4.69) is 27.7 Å². The predicted octanol–water partition coefficient (Wildman–Crippen LogP) is 2.81. The average molecular weight is 390 g/mol. The van der Waals surface area contributed by atoms with Crippen molar-refractivity contribution in [2.75, 3.05) is 19.8 Å². The van der Waals surface area contributed by atoms with E-state index < -0.39 is 0 Å². The molecule has 0 spiro atoms. The summed E-state index contributed by atoms with van der Waals surface area (Å²) in [6, 6.07) is 0.377. The Kier molecular flexibility index (Phi) is 13.7. The van der Waals surface area contributed by atoms with Crippen molar-refractivity contribution in [3.63, 3.8) is 0 Å². The minimum atomic E-state index is -0.190. The second-order valence-electron chi connectivity index (χ2n) is 8.86. The van der Waals surface area contributed by atoms with Crippen LogP contribution >= 0.6 is 0 Å². The Hall–Kier alpha value is -0.240. The molecule has 6 nitrogen and oxygen atoms in total. The van der Waals surface area contributed by atoms with Gasteiger partial charge in [-0.2, -0.15) is 0 Å². The second kappa shape index (κ2) is 13.9. The third-order valence-electron chi connectivity index (χ3n) is 4.88. The van der Waals surface area contributed by atoms with Crippen LogP contribution in [0.15, 0.2) is 0 Å². The largest absolute Gasteiger partial charge is 0.378 e. The van der Waals surface area contributed by atoms with Gasteiger partial charge < -0.3 is 31.4 Å². The van der Waals surface area contributed by atoms with Crippen LogP contribution in [-0.4, -0.2) is 56.3 Å². The average Bonchev–Trinajstić information content (AvgIpc) is 2.52. The van der Waals surface area contributed by atoms with Crippen LogP contribution in [0.2, 0.25) is 0 Å². The normalized spacial score (nSPS) is 21.1. The van der Waals surface area contributed by atoms with E-state index in [0.717, 1.165) is 25.7 Å². The molecule has 0 aromatic carbocycles. The molecule has 0 amide bonds. The van der Waals surface area contributed by atoms with Crippen molar-refractivity contribution in [1.82, 2.24) is 0 Å². The molecule has 6 atom stereocenters. The summed E-state index contributed by atoms with van der Waals surface area (Å²) in [5.74, 6) is 0. The fraction of sp³-hybridized carbons (Fsp3) is 1.00. The minimum absolute atomic E-state index is 0.110. The molecule has 164 valence electrons. The van der Waals surface area contributed by atoms with E-state index in [1.165, 1.54) is 0 Å². The standard InChI is InChI=1S/C21H47N3O3/c1-8-21(12-25-18(5)9-15(2)22,13-26-19(6)10-16(3)23)14-27-20(7)11-17(4)24/h15-20H,8-14,22-24H2,1-7H3. The number of nitrogens with two attached hydrogens (primary N) is 3. The highest BCUT2D eigenvalue weighted by atomic mass is 16.5. The number of ether oxygens (including phenoxy) is 3. The SMILES string of the molecule is CCC(COC(C)CC(C)N)(COC(C)CC(C)N)COC(C)CC(C)N. The first kappa shape index (κ1) is 26.8. The maximum absolute atomic E-state index is 6.15. The molecule has 0 fully saturated rings.